The fourth-order valence-corrected chi connectivity index (χ4v) is 4.41. The highest BCUT2D eigenvalue weighted by molar-refractivity contribution is 4.83. The Bertz CT molecular complexity index is 255. The predicted molar refractivity (Wildman–Crippen MR) is 80.7 cm³/mol. The van der Waals surface area contributed by atoms with Gasteiger partial charge in [-0.15, -0.1) is 0 Å². The third kappa shape index (κ3) is 4.61. The van der Waals surface area contributed by atoms with Gasteiger partial charge in [0.15, 0.2) is 0 Å². The Morgan fingerprint density at radius 1 is 0.842 bits per heavy atom. The Morgan fingerprint density at radius 3 is 1.84 bits per heavy atom. The van der Waals surface area contributed by atoms with Crippen LogP contribution in [-0.2, 0) is 0 Å². The highest BCUT2D eigenvalue weighted by Crippen LogP contribution is 2.42. The maximum atomic E-state index is 11.9. The van der Waals surface area contributed by atoms with Crippen LogP contribution in [0.25, 0.3) is 0 Å². The summed E-state index contributed by atoms with van der Waals surface area (Å²) in [7, 11) is 0. The molecule has 0 atom stereocenters. The molecule has 110 valence electrons. The van der Waals surface area contributed by atoms with Crippen molar-refractivity contribution in [1.82, 2.24) is 0 Å². The first-order valence-corrected chi connectivity index (χ1v) is 8.58. The minimum atomic E-state index is 0.706. The van der Waals surface area contributed by atoms with E-state index in [4.69, 9.17) is 0 Å². The standard InChI is InChI=1S/C18H31F/c1-2-15-6-10-17(11-7-15)18-12-8-16(9-13-18)5-3-4-14-19/h4,14-18H,2-3,5-13H2,1H3. The average molecular weight is 266 g/mol. The van der Waals surface area contributed by atoms with Crippen molar-refractivity contribution in [2.24, 2.45) is 23.7 Å². The van der Waals surface area contributed by atoms with Gasteiger partial charge < -0.3 is 0 Å². The summed E-state index contributed by atoms with van der Waals surface area (Å²) < 4.78 is 11.9. The normalized spacial score (nSPS) is 36.7. The fraction of sp³-hybridized carbons (Fsp3) is 0.889. The van der Waals surface area contributed by atoms with Crippen molar-refractivity contribution in [3.05, 3.63) is 12.4 Å². The first-order valence-electron chi connectivity index (χ1n) is 8.58. The number of rotatable bonds is 5. The van der Waals surface area contributed by atoms with Crippen LogP contribution < -0.4 is 0 Å². The van der Waals surface area contributed by atoms with Gasteiger partial charge in [-0.1, -0.05) is 45.1 Å². The van der Waals surface area contributed by atoms with E-state index in [9.17, 15) is 4.39 Å². The minimum absolute atomic E-state index is 0.706. The molecule has 0 saturated heterocycles. The molecule has 2 rings (SSSR count). The summed E-state index contributed by atoms with van der Waals surface area (Å²) >= 11 is 0. The lowest BCUT2D eigenvalue weighted by Gasteiger charge is -2.37. The molecule has 0 aromatic rings. The molecule has 0 aromatic heterocycles. The topological polar surface area (TPSA) is 0 Å². The molecule has 0 amide bonds. The second-order valence-electron chi connectivity index (χ2n) is 6.91. The molecule has 2 fully saturated rings. The summed E-state index contributed by atoms with van der Waals surface area (Å²) in [6.45, 7) is 2.35. The lowest BCUT2D eigenvalue weighted by Crippen LogP contribution is -2.25. The number of halogens is 1. The van der Waals surface area contributed by atoms with E-state index in [2.05, 4.69) is 6.92 Å². The van der Waals surface area contributed by atoms with Crippen molar-refractivity contribution in [3.8, 4) is 0 Å². The molecular weight excluding hydrogens is 235 g/mol. The molecule has 2 aliphatic rings. The van der Waals surface area contributed by atoms with Gasteiger partial charge in [0.25, 0.3) is 0 Å². The van der Waals surface area contributed by atoms with Gasteiger partial charge >= 0.3 is 0 Å². The maximum absolute atomic E-state index is 11.9. The Morgan fingerprint density at radius 2 is 1.37 bits per heavy atom. The molecule has 19 heavy (non-hydrogen) atoms. The summed E-state index contributed by atoms with van der Waals surface area (Å²) in [6.07, 6.45) is 17.6. The Balaban J connectivity index is 1.66. The van der Waals surface area contributed by atoms with Gasteiger partial charge in [-0.05, 0) is 62.2 Å². The lowest BCUT2D eigenvalue weighted by molar-refractivity contribution is 0.143. The predicted octanol–water partition coefficient (Wildman–Crippen LogP) is 6.27. The fourth-order valence-electron chi connectivity index (χ4n) is 4.41. The van der Waals surface area contributed by atoms with E-state index >= 15 is 0 Å². The van der Waals surface area contributed by atoms with Crippen LogP contribution in [0.1, 0.15) is 77.6 Å². The molecule has 2 aliphatic carbocycles. The average Bonchev–Trinajstić information content (AvgIpc) is 2.48. The monoisotopic (exact) mass is 266 g/mol. The highest BCUT2D eigenvalue weighted by atomic mass is 19.1. The van der Waals surface area contributed by atoms with E-state index in [1.54, 1.807) is 6.08 Å². The molecule has 2 saturated carbocycles. The molecule has 0 heterocycles. The van der Waals surface area contributed by atoms with Crippen LogP contribution in [0.5, 0.6) is 0 Å². The van der Waals surface area contributed by atoms with Gasteiger partial charge in [-0.25, -0.2) is 4.39 Å². The Kier molecular flexibility index (Phi) is 6.40. The first kappa shape index (κ1) is 15.1. The summed E-state index contributed by atoms with van der Waals surface area (Å²) in [5.41, 5.74) is 0. The zero-order chi connectivity index (χ0) is 13.5. The third-order valence-electron chi connectivity index (χ3n) is 5.86. The summed E-state index contributed by atoms with van der Waals surface area (Å²) in [5.74, 6) is 3.96. The largest absolute Gasteiger partial charge is 0.216 e. The Labute approximate surface area is 118 Å². The molecule has 0 bridgehead atoms. The number of hydrogen-bond donors (Lipinski definition) is 0. The van der Waals surface area contributed by atoms with Crippen molar-refractivity contribution in [2.75, 3.05) is 0 Å². The number of hydrogen-bond acceptors (Lipinski definition) is 0. The van der Waals surface area contributed by atoms with Gasteiger partial charge in [0, 0.05) is 0 Å². The Hall–Kier alpha value is -0.330. The van der Waals surface area contributed by atoms with Crippen LogP contribution in [0.4, 0.5) is 4.39 Å². The molecule has 0 nitrogen and oxygen atoms in total. The second kappa shape index (κ2) is 8.07. The zero-order valence-electron chi connectivity index (χ0n) is 12.6. The van der Waals surface area contributed by atoms with Crippen molar-refractivity contribution >= 4 is 0 Å². The van der Waals surface area contributed by atoms with Crippen LogP contribution in [0.3, 0.4) is 0 Å². The number of allylic oxidation sites excluding steroid dienone is 1. The van der Waals surface area contributed by atoms with Crippen LogP contribution in [0, 0.1) is 23.7 Å². The molecule has 0 radical (unpaired) electrons. The molecule has 0 aliphatic heterocycles. The summed E-state index contributed by atoms with van der Waals surface area (Å²) in [4.78, 5) is 0. The molecular formula is C18H31F. The summed E-state index contributed by atoms with van der Waals surface area (Å²) in [6, 6.07) is 0. The van der Waals surface area contributed by atoms with Crippen LogP contribution in [0.15, 0.2) is 12.4 Å². The van der Waals surface area contributed by atoms with E-state index in [-0.39, 0.29) is 0 Å². The molecule has 0 spiro atoms. The van der Waals surface area contributed by atoms with Crippen molar-refractivity contribution < 1.29 is 4.39 Å². The van der Waals surface area contributed by atoms with Gasteiger partial charge in [-0.2, -0.15) is 0 Å². The van der Waals surface area contributed by atoms with Crippen LogP contribution in [-0.4, -0.2) is 0 Å². The molecule has 0 aromatic carbocycles. The molecule has 0 unspecified atom stereocenters. The minimum Gasteiger partial charge on any atom is -0.216 e. The van der Waals surface area contributed by atoms with E-state index in [0.29, 0.717) is 6.33 Å². The van der Waals surface area contributed by atoms with Gasteiger partial charge in [0.1, 0.15) is 0 Å². The third-order valence-corrected chi connectivity index (χ3v) is 5.86. The second-order valence-corrected chi connectivity index (χ2v) is 6.91. The highest BCUT2D eigenvalue weighted by Gasteiger charge is 2.30. The molecule has 1 heteroatoms. The maximum Gasteiger partial charge on any atom is 0.0827 e. The van der Waals surface area contributed by atoms with E-state index in [0.717, 1.165) is 30.1 Å². The van der Waals surface area contributed by atoms with Gasteiger partial charge in [0.05, 0.1) is 6.33 Å². The van der Waals surface area contributed by atoms with Crippen molar-refractivity contribution in [3.63, 3.8) is 0 Å². The summed E-state index contributed by atoms with van der Waals surface area (Å²) in [5, 5.41) is 0. The van der Waals surface area contributed by atoms with E-state index in [1.165, 1.54) is 64.2 Å². The van der Waals surface area contributed by atoms with Crippen molar-refractivity contribution in [1.29, 1.82) is 0 Å². The van der Waals surface area contributed by atoms with Crippen molar-refractivity contribution in [2.45, 2.75) is 77.6 Å². The lowest BCUT2D eigenvalue weighted by atomic mass is 9.68. The first-order chi connectivity index (χ1) is 9.33. The van der Waals surface area contributed by atoms with E-state index < -0.39 is 0 Å². The SMILES string of the molecule is CCC1CCC(C2CCC(CCC=CF)CC2)CC1. The van der Waals surface area contributed by atoms with Gasteiger partial charge in [-0.3, -0.25) is 0 Å². The van der Waals surface area contributed by atoms with E-state index in [1.807, 2.05) is 0 Å². The zero-order valence-corrected chi connectivity index (χ0v) is 12.6. The molecule has 0 N–H and O–H groups in total. The van der Waals surface area contributed by atoms with Crippen LogP contribution in [0.2, 0.25) is 0 Å². The quantitative estimate of drug-likeness (QED) is 0.550. The van der Waals surface area contributed by atoms with Gasteiger partial charge in [0.2, 0.25) is 0 Å². The van der Waals surface area contributed by atoms with Crippen LogP contribution >= 0.6 is 0 Å². The smallest absolute Gasteiger partial charge is 0.0827 e.